The SMILES string of the molecule is C=C1CCN(c2ncc(C(=O)O)s2)CC1. The number of carboxylic acid groups (broad SMARTS) is 1. The lowest BCUT2D eigenvalue weighted by Gasteiger charge is -2.27. The van der Waals surface area contributed by atoms with Crippen molar-refractivity contribution in [3.05, 3.63) is 23.2 Å². The predicted octanol–water partition coefficient (Wildman–Crippen LogP) is 2.00. The second-order valence-corrected chi connectivity index (χ2v) is 4.56. The summed E-state index contributed by atoms with van der Waals surface area (Å²) in [6, 6.07) is 0. The molecule has 5 heteroatoms. The van der Waals surface area contributed by atoms with Crippen molar-refractivity contribution >= 4 is 22.4 Å². The van der Waals surface area contributed by atoms with Gasteiger partial charge in [0.2, 0.25) is 0 Å². The first kappa shape index (κ1) is 10.2. The average molecular weight is 224 g/mol. The zero-order chi connectivity index (χ0) is 10.8. The first-order chi connectivity index (χ1) is 7.16. The molecule has 0 saturated carbocycles. The Balaban J connectivity index is 2.09. The molecule has 0 bridgehead atoms. The molecule has 2 heterocycles. The summed E-state index contributed by atoms with van der Waals surface area (Å²) in [6.45, 7) is 5.73. The summed E-state index contributed by atoms with van der Waals surface area (Å²) in [4.78, 5) is 17.2. The molecule has 1 aliphatic heterocycles. The molecule has 80 valence electrons. The normalized spacial score (nSPS) is 16.8. The van der Waals surface area contributed by atoms with Crippen LogP contribution >= 0.6 is 11.3 Å². The van der Waals surface area contributed by atoms with Crippen LogP contribution in [0, 0.1) is 0 Å². The topological polar surface area (TPSA) is 53.4 Å². The lowest BCUT2D eigenvalue weighted by molar-refractivity contribution is 0.0702. The Morgan fingerprint density at radius 1 is 1.53 bits per heavy atom. The van der Waals surface area contributed by atoms with Crippen LogP contribution < -0.4 is 4.90 Å². The van der Waals surface area contributed by atoms with Crippen LogP contribution in [0.15, 0.2) is 18.3 Å². The average Bonchev–Trinajstić information content (AvgIpc) is 2.68. The van der Waals surface area contributed by atoms with E-state index in [1.54, 1.807) is 0 Å². The molecular weight excluding hydrogens is 212 g/mol. The van der Waals surface area contributed by atoms with Crippen molar-refractivity contribution in [2.24, 2.45) is 0 Å². The summed E-state index contributed by atoms with van der Waals surface area (Å²) in [5, 5.41) is 9.58. The fourth-order valence-electron chi connectivity index (χ4n) is 1.52. The molecule has 2 rings (SSSR count). The molecule has 1 saturated heterocycles. The molecule has 0 atom stereocenters. The minimum Gasteiger partial charge on any atom is -0.477 e. The zero-order valence-electron chi connectivity index (χ0n) is 8.27. The minimum atomic E-state index is -0.903. The van der Waals surface area contributed by atoms with Crippen molar-refractivity contribution in [1.29, 1.82) is 0 Å². The van der Waals surface area contributed by atoms with Crippen molar-refractivity contribution in [2.45, 2.75) is 12.8 Å². The molecule has 15 heavy (non-hydrogen) atoms. The van der Waals surface area contributed by atoms with E-state index in [0.29, 0.717) is 4.88 Å². The Morgan fingerprint density at radius 2 is 2.20 bits per heavy atom. The highest BCUT2D eigenvalue weighted by Gasteiger charge is 2.17. The quantitative estimate of drug-likeness (QED) is 0.781. The summed E-state index contributed by atoms with van der Waals surface area (Å²) >= 11 is 1.23. The maximum Gasteiger partial charge on any atom is 0.347 e. The van der Waals surface area contributed by atoms with Crippen LogP contribution in [-0.2, 0) is 0 Å². The third-order valence-corrected chi connectivity index (χ3v) is 3.49. The Labute approximate surface area is 91.9 Å². The molecule has 1 aliphatic rings. The van der Waals surface area contributed by atoms with E-state index in [4.69, 9.17) is 5.11 Å². The summed E-state index contributed by atoms with van der Waals surface area (Å²) in [6.07, 6.45) is 3.37. The summed E-state index contributed by atoms with van der Waals surface area (Å²) in [5.41, 5.74) is 1.27. The van der Waals surface area contributed by atoms with Gasteiger partial charge in [-0.2, -0.15) is 0 Å². The number of piperidine rings is 1. The van der Waals surface area contributed by atoms with Gasteiger partial charge in [0.05, 0.1) is 6.20 Å². The van der Waals surface area contributed by atoms with E-state index in [1.807, 2.05) is 0 Å². The maximum absolute atomic E-state index is 10.7. The molecule has 4 nitrogen and oxygen atoms in total. The molecule has 1 aromatic rings. The van der Waals surface area contributed by atoms with Crippen LogP contribution in [0.25, 0.3) is 0 Å². The van der Waals surface area contributed by atoms with Gasteiger partial charge in [0.25, 0.3) is 0 Å². The van der Waals surface area contributed by atoms with Gasteiger partial charge in [-0.1, -0.05) is 23.5 Å². The van der Waals surface area contributed by atoms with E-state index in [2.05, 4.69) is 16.5 Å². The molecule has 0 radical (unpaired) electrons. The fraction of sp³-hybridized carbons (Fsp3) is 0.400. The van der Waals surface area contributed by atoms with Gasteiger partial charge in [-0.05, 0) is 12.8 Å². The van der Waals surface area contributed by atoms with Gasteiger partial charge in [-0.15, -0.1) is 0 Å². The lowest BCUT2D eigenvalue weighted by Crippen LogP contribution is -2.30. The molecule has 0 amide bonds. The minimum absolute atomic E-state index is 0.300. The predicted molar refractivity (Wildman–Crippen MR) is 59.7 cm³/mol. The number of carbonyl (C=O) groups is 1. The molecule has 0 aromatic carbocycles. The van der Waals surface area contributed by atoms with Crippen LogP contribution in [0.2, 0.25) is 0 Å². The number of hydrogen-bond donors (Lipinski definition) is 1. The van der Waals surface area contributed by atoms with Crippen LogP contribution in [0.5, 0.6) is 0 Å². The smallest absolute Gasteiger partial charge is 0.347 e. The number of hydrogen-bond acceptors (Lipinski definition) is 4. The maximum atomic E-state index is 10.7. The van der Waals surface area contributed by atoms with Crippen LogP contribution in [0.1, 0.15) is 22.5 Å². The monoisotopic (exact) mass is 224 g/mol. The number of rotatable bonds is 2. The van der Waals surface area contributed by atoms with E-state index in [9.17, 15) is 4.79 Å². The van der Waals surface area contributed by atoms with Gasteiger partial charge >= 0.3 is 5.97 Å². The van der Waals surface area contributed by atoms with Crippen molar-refractivity contribution < 1.29 is 9.90 Å². The van der Waals surface area contributed by atoms with E-state index in [0.717, 1.165) is 31.1 Å². The highest BCUT2D eigenvalue weighted by atomic mass is 32.1. The Kier molecular flexibility index (Phi) is 2.73. The molecule has 0 aliphatic carbocycles. The van der Waals surface area contributed by atoms with Gasteiger partial charge in [-0.3, -0.25) is 0 Å². The van der Waals surface area contributed by atoms with Gasteiger partial charge in [0, 0.05) is 13.1 Å². The molecule has 1 N–H and O–H groups in total. The number of aromatic carboxylic acids is 1. The van der Waals surface area contributed by atoms with Crippen molar-refractivity contribution in [1.82, 2.24) is 4.98 Å². The van der Waals surface area contributed by atoms with E-state index >= 15 is 0 Å². The first-order valence-corrected chi connectivity index (χ1v) is 5.59. The fourth-order valence-corrected chi connectivity index (χ4v) is 2.33. The highest BCUT2D eigenvalue weighted by molar-refractivity contribution is 7.17. The number of carboxylic acids is 1. The first-order valence-electron chi connectivity index (χ1n) is 4.77. The van der Waals surface area contributed by atoms with Crippen LogP contribution in [0.4, 0.5) is 5.13 Å². The summed E-state index contributed by atoms with van der Waals surface area (Å²) < 4.78 is 0. The summed E-state index contributed by atoms with van der Waals surface area (Å²) in [5.74, 6) is -0.903. The van der Waals surface area contributed by atoms with Crippen LogP contribution in [-0.4, -0.2) is 29.1 Å². The van der Waals surface area contributed by atoms with E-state index < -0.39 is 5.97 Å². The Bertz CT molecular complexity index is 390. The third-order valence-electron chi connectivity index (χ3n) is 2.45. The molecule has 1 aromatic heterocycles. The number of aromatic nitrogens is 1. The van der Waals surface area contributed by atoms with Gasteiger partial charge in [0.15, 0.2) is 5.13 Å². The number of nitrogens with zero attached hydrogens (tertiary/aromatic N) is 2. The lowest BCUT2D eigenvalue weighted by atomic mass is 10.1. The number of thiazole rings is 1. The van der Waals surface area contributed by atoms with Crippen molar-refractivity contribution in [3.63, 3.8) is 0 Å². The van der Waals surface area contributed by atoms with Crippen LogP contribution in [0.3, 0.4) is 0 Å². The third kappa shape index (κ3) is 2.18. The van der Waals surface area contributed by atoms with E-state index in [-0.39, 0.29) is 0 Å². The highest BCUT2D eigenvalue weighted by Crippen LogP contribution is 2.26. The summed E-state index contributed by atoms with van der Waals surface area (Å²) in [7, 11) is 0. The molecule has 1 fully saturated rings. The molecular formula is C10H12N2O2S. The van der Waals surface area contributed by atoms with E-state index in [1.165, 1.54) is 23.1 Å². The van der Waals surface area contributed by atoms with Gasteiger partial charge in [-0.25, -0.2) is 9.78 Å². The number of anilines is 1. The Morgan fingerprint density at radius 3 is 2.73 bits per heavy atom. The van der Waals surface area contributed by atoms with Crippen molar-refractivity contribution in [3.8, 4) is 0 Å². The second kappa shape index (κ2) is 4.02. The Hall–Kier alpha value is -1.36. The second-order valence-electron chi connectivity index (χ2n) is 3.55. The zero-order valence-corrected chi connectivity index (χ0v) is 9.09. The van der Waals surface area contributed by atoms with Gasteiger partial charge < -0.3 is 10.0 Å². The van der Waals surface area contributed by atoms with Crippen molar-refractivity contribution in [2.75, 3.05) is 18.0 Å². The largest absolute Gasteiger partial charge is 0.477 e. The van der Waals surface area contributed by atoms with Gasteiger partial charge in [0.1, 0.15) is 4.88 Å². The molecule has 0 unspecified atom stereocenters. The standard InChI is InChI=1S/C10H12N2O2S/c1-7-2-4-12(5-3-7)10-11-6-8(15-10)9(13)14/h6H,1-5H2,(H,13,14). The molecule has 0 spiro atoms.